The third-order valence-corrected chi connectivity index (χ3v) is 7.03. The fraction of sp³-hybridized carbons (Fsp3) is 0.154. The van der Waals surface area contributed by atoms with Crippen molar-refractivity contribution in [3.8, 4) is 11.3 Å². The monoisotopic (exact) mass is 495 g/mol. The van der Waals surface area contributed by atoms with Gasteiger partial charge in [-0.1, -0.05) is 54.6 Å². The van der Waals surface area contributed by atoms with Gasteiger partial charge in [0.15, 0.2) is 0 Å². The summed E-state index contributed by atoms with van der Waals surface area (Å²) in [6.45, 7) is 4.05. The molecule has 0 atom stereocenters. The molecule has 180 valence electrons. The SMILES string of the molecule is Cc1cccc(C)c1Cn1nc(-c2cccc(C(F)F)c2)cc1C(=O)NS(=O)(=O)c1ccccc1. The number of sulfonamides is 1. The second kappa shape index (κ2) is 9.79. The highest BCUT2D eigenvalue weighted by atomic mass is 32.2. The van der Waals surface area contributed by atoms with E-state index in [1.807, 2.05) is 32.0 Å². The standard InChI is InChI=1S/C26H23F2N3O3S/c1-17-8-6-9-18(2)22(17)16-31-24(26(32)30-35(33,34)21-12-4-3-5-13-21)15-23(29-31)19-10-7-11-20(14-19)25(27)28/h3-15,25H,16H2,1-2H3,(H,30,32). The molecule has 9 heteroatoms. The van der Waals surface area contributed by atoms with Crippen molar-refractivity contribution in [1.82, 2.24) is 14.5 Å². The lowest BCUT2D eigenvalue weighted by atomic mass is 10.0. The van der Waals surface area contributed by atoms with Crippen molar-refractivity contribution in [2.45, 2.75) is 31.7 Å². The Morgan fingerprint density at radius 3 is 2.26 bits per heavy atom. The first-order valence-electron chi connectivity index (χ1n) is 10.8. The number of amides is 1. The third kappa shape index (κ3) is 5.30. The van der Waals surface area contributed by atoms with Crippen molar-refractivity contribution in [3.63, 3.8) is 0 Å². The summed E-state index contributed by atoms with van der Waals surface area (Å²) in [4.78, 5) is 13.1. The Bertz CT molecular complexity index is 1460. The molecule has 6 nitrogen and oxygen atoms in total. The molecule has 0 aliphatic heterocycles. The maximum atomic E-state index is 13.2. The highest BCUT2D eigenvalue weighted by Crippen LogP contribution is 2.26. The molecule has 1 amide bonds. The first kappa shape index (κ1) is 24.3. The lowest BCUT2D eigenvalue weighted by molar-refractivity contribution is 0.0971. The van der Waals surface area contributed by atoms with Crippen LogP contribution in [0.15, 0.2) is 83.8 Å². The summed E-state index contributed by atoms with van der Waals surface area (Å²) in [6.07, 6.45) is -2.66. The van der Waals surface area contributed by atoms with E-state index < -0.39 is 22.4 Å². The predicted molar refractivity (Wildman–Crippen MR) is 129 cm³/mol. The van der Waals surface area contributed by atoms with Crippen molar-refractivity contribution >= 4 is 15.9 Å². The van der Waals surface area contributed by atoms with Gasteiger partial charge in [-0.2, -0.15) is 5.10 Å². The number of carbonyl (C=O) groups excluding carboxylic acids is 1. The number of alkyl halides is 2. The molecule has 35 heavy (non-hydrogen) atoms. The fourth-order valence-corrected chi connectivity index (χ4v) is 4.76. The first-order valence-corrected chi connectivity index (χ1v) is 12.3. The number of aromatic nitrogens is 2. The Balaban J connectivity index is 1.77. The molecule has 4 aromatic rings. The van der Waals surface area contributed by atoms with Crippen molar-refractivity contribution < 1.29 is 22.0 Å². The molecule has 0 aliphatic carbocycles. The van der Waals surface area contributed by atoms with Crippen LogP contribution in [0, 0.1) is 13.8 Å². The van der Waals surface area contributed by atoms with Gasteiger partial charge < -0.3 is 0 Å². The van der Waals surface area contributed by atoms with E-state index in [2.05, 4.69) is 9.82 Å². The smallest absolute Gasteiger partial charge is 0.266 e. The first-order chi connectivity index (χ1) is 16.7. The van der Waals surface area contributed by atoms with E-state index in [9.17, 15) is 22.0 Å². The van der Waals surface area contributed by atoms with E-state index in [4.69, 9.17) is 0 Å². The summed E-state index contributed by atoms with van der Waals surface area (Å²) >= 11 is 0. The van der Waals surface area contributed by atoms with Crippen LogP contribution in [0.4, 0.5) is 8.78 Å². The maximum absolute atomic E-state index is 13.2. The number of carbonyl (C=O) groups is 1. The maximum Gasteiger partial charge on any atom is 0.283 e. The van der Waals surface area contributed by atoms with E-state index in [1.54, 1.807) is 24.3 Å². The Hall–Kier alpha value is -3.85. The van der Waals surface area contributed by atoms with Crippen LogP contribution in [-0.4, -0.2) is 24.1 Å². The summed E-state index contributed by atoms with van der Waals surface area (Å²) in [5, 5.41) is 4.50. The Kier molecular flexibility index (Phi) is 6.79. The number of hydrogen-bond acceptors (Lipinski definition) is 4. The number of aryl methyl sites for hydroxylation is 2. The lowest BCUT2D eigenvalue weighted by Crippen LogP contribution is -2.32. The highest BCUT2D eigenvalue weighted by molar-refractivity contribution is 7.90. The van der Waals surface area contributed by atoms with Crippen LogP contribution in [0.25, 0.3) is 11.3 Å². The number of halogens is 2. The van der Waals surface area contributed by atoms with E-state index in [0.717, 1.165) is 16.7 Å². The second-order valence-electron chi connectivity index (χ2n) is 8.12. The largest absolute Gasteiger partial charge is 0.283 e. The zero-order valence-electron chi connectivity index (χ0n) is 19.1. The van der Waals surface area contributed by atoms with Crippen LogP contribution in [-0.2, 0) is 16.6 Å². The van der Waals surface area contributed by atoms with Gasteiger partial charge in [0, 0.05) is 11.1 Å². The number of nitrogens with one attached hydrogen (secondary N) is 1. The zero-order valence-corrected chi connectivity index (χ0v) is 19.9. The molecule has 0 spiro atoms. The van der Waals surface area contributed by atoms with E-state index in [1.165, 1.54) is 41.1 Å². The summed E-state index contributed by atoms with van der Waals surface area (Å²) in [5.41, 5.74) is 3.36. The summed E-state index contributed by atoms with van der Waals surface area (Å²) < 4.78 is 55.5. The summed E-state index contributed by atoms with van der Waals surface area (Å²) in [7, 11) is -4.13. The molecule has 0 bridgehead atoms. The van der Waals surface area contributed by atoms with Crippen molar-refractivity contribution in [1.29, 1.82) is 0 Å². The third-order valence-electron chi connectivity index (χ3n) is 5.68. The second-order valence-corrected chi connectivity index (χ2v) is 9.80. The summed E-state index contributed by atoms with van der Waals surface area (Å²) in [6, 6.07) is 20.4. The average Bonchev–Trinajstić information content (AvgIpc) is 3.26. The van der Waals surface area contributed by atoms with Gasteiger partial charge in [0.05, 0.1) is 17.1 Å². The van der Waals surface area contributed by atoms with Gasteiger partial charge in [-0.05, 0) is 54.8 Å². The molecule has 0 aliphatic rings. The fourth-order valence-electron chi connectivity index (χ4n) is 3.78. The quantitative estimate of drug-likeness (QED) is 0.379. The lowest BCUT2D eigenvalue weighted by Gasteiger charge is -2.13. The summed E-state index contributed by atoms with van der Waals surface area (Å²) in [5.74, 6) is -0.871. The molecule has 0 saturated heterocycles. The van der Waals surface area contributed by atoms with Gasteiger partial charge in [-0.25, -0.2) is 21.9 Å². The Morgan fingerprint density at radius 2 is 1.60 bits per heavy atom. The molecule has 4 rings (SSSR count). The zero-order chi connectivity index (χ0) is 25.2. The Morgan fingerprint density at radius 1 is 0.943 bits per heavy atom. The number of benzene rings is 3. The molecule has 1 N–H and O–H groups in total. The number of rotatable bonds is 7. The van der Waals surface area contributed by atoms with E-state index in [0.29, 0.717) is 5.56 Å². The van der Waals surface area contributed by atoms with Gasteiger partial charge in [-0.15, -0.1) is 0 Å². The van der Waals surface area contributed by atoms with Gasteiger partial charge in [-0.3, -0.25) is 9.48 Å². The van der Waals surface area contributed by atoms with E-state index in [-0.39, 0.29) is 28.4 Å². The minimum atomic E-state index is -4.13. The van der Waals surface area contributed by atoms with Crippen LogP contribution in [0.1, 0.15) is 39.2 Å². The van der Waals surface area contributed by atoms with Crippen LogP contribution in [0.3, 0.4) is 0 Å². The molecule has 3 aromatic carbocycles. The van der Waals surface area contributed by atoms with Gasteiger partial charge >= 0.3 is 0 Å². The van der Waals surface area contributed by atoms with Crippen LogP contribution < -0.4 is 4.72 Å². The van der Waals surface area contributed by atoms with Crippen molar-refractivity contribution in [2.24, 2.45) is 0 Å². The molecule has 0 saturated carbocycles. The van der Waals surface area contributed by atoms with Crippen molar-refractivity contribution in [2.75, 3.05) is 0 Å². The van der Waals surface area contributed by atoms with Crippen LogP contribution >= 0.6 is 0 Å². The molecular weight excluding hydrogens is 472 g/mol. The molecule has 0 fully saturated rings. The van der Waals surface area contributed by atoms with Crippen molar-refractivity contribution in [3.05, 3.63) is 107 Å². The molecule has 1 aromatic heterocycles. The normalized spacial score (nSPS) is 11.6. The van der Waals surface area contributed by atoms with Gasteiger partial charge in [0.2, 0.25) is 0 Å². The van der Waals surface area contributed by atoms with Crippen LogP contribution in [0.2, 0.25) is 0 Å². The Labute approximate surface area is 202 Å². The molecule has 1 heterocycles. The van der Waals surface area contributed by atoms with E-state index >= 15 is 0 Å². The average molecular weight is 496 g/mol. The van der Waals surface area contributed by atoms with Gasteiger partial charge in [0.1, 0.15) is 5.69 Å². The molecule has 0 radical (unpaired) electrons. The minimum Gasteiger partial charge on any atom is -0.266 e. The molecule has 0 unspecified atom stereocenters. The van der Waals surface area contributed by atoms with Crippen LogP contribution in [0.5, 0.6) is 0 Å². The molecular formula is C26H23F2N3O3S. The van der Waals surface area contributed by atoms with Gasteiger partial charge in [0.25, 0.3) is 22.4 Å². The topological polar surface area (TPSA) is 81.1 Å². The number of hydrogen-bond donors (Lipinski definition) is 1. The number of nitrogens with zero attached hydrogens (tertiary/aromatic N) is 2. The minimum absolute atomic E-state index is 0.00962. The predicted octanol–water partition coefficient (Wildman–Crippen LogP) is 5.27. The highest BCUT2D eigenvalue weighted by Gasteiger charge is 2.24.